The van der Waals surface area contributed by atoms with Gasteiger partial charge >= 0.3 is 0 Å². The lowest BCUT2D eigenvalue weighted by Gasteiger charge is -2.11. The summed E-state index contributed by atoms with van der Waals surface area (Å²) in [5.74, 6) is 1.56. The normalized spacial score (nSPS) is 31.4. The van der Waals surface area contributed by atoms with Crippen molar-refractivity contribution in [3.8, 4) is 0 Å². The number of hydrogen-bond acceptors (Lipinski definition) is 0. The van der Waals surface area contributed by atoms with Gasteiger partial charge in [0.05, 0.1) is 0 Å². The highest BCUT2D eigenvalue weighted by Crippen LogP contribution is 2.22. The van der Waals surface area contributed by atoms with Crippen molar-refractivity contribution in [1.82, 2.24) is 0 Å². The van der Waals surface area contributed by atoms with Gasteiger partial charge in [-0.3, -0.25) is 0 Å². The van der Waals surface area contributed by atoms with E-state index in [2.05, 4.69) is 39.0 Å². The van der Waals surface area contributed by atoms with Crippen LogP contribution >= 0.6 is 0 Å². The predicted octanol–water partition coefficient (Wildman–Crippen LogP) is 3.55. The van der Waals surface area contributed by atoms with Crippen LogP contribution in [0.15, 0.2) is 23.8 Å². The van der Waals surface area contributed by atoms with Crippen molar-refractivity contribution in [3.63, 3.8) is 0 Å². The lowest BCUT2D eigenvalue weighted by Crippen LogP contribution is -2.01. The van der Waals surface area contributed by atoms with E-state index in [4.69, 9.17) is 0 Å². The van der Waals surface area contributed by atoms with Crippen molar-refractivity contribution in [2.24, 2.45) is 11.8 Å². The van der Waals surface area contributed by atoms with Crippen molar-refractivity contribution < 1.29 is 0 Å². The van der Waals surface area contributed by atoms with Crippen molar-refractivity contribution in [1.29, 1.82) is 0 Å². The molecule has 2 atom stereocenters. The first-order chi connectivity index (χ1) is 5.24. The summed E-state index contributed by atoms with van der Waals surface area (Å²) in [7, 11) is 0. The summed E-state index contributed by atoms with van der Waals surface area (Å²) in [4.78, 5) is 0. The van der Waals surface area contributed by atoms with E-state index in [1.165, 1.54) is 18.4 Å². The van der Waals surface area contributed by atoms with Crippen LogP contribution in [0.2, 0.25) is 0 Å². The van der Waals surface area contributed by atoms with Gasteiger partial charge in [0.2, 0.25) is 0 Å². The maximum Gasteiger partial charge on any atom is -0.0230 e. The van der Waals surface area contributed by atoms with Crippen LogP contribution in [0.4, 0.5) is 0 Å². The summed E-state index contributed by atoms with van der Waals surface area (Å²) < 4.78 is 0. The topological polar surface area (TPSA) is 0 Å². The van der Waals surface area contributed by atoms with Gasteiger partial charge in [-0.2, -0.15) is 0 Å². The van der Waals surface area contributed by atoms with Gasteiger partial charge in [-0.25, -0.2) is 0 Å². The molecule has 0 bridgehead atoms. The van der Waals surface area contributed by atoms with Crippen LogP contribution in [0, 0.1) is 11.8 Å². The Bertz CT molecular complexity index is 174. The first-order valence-electron chi connectivity index (χ1n) is 4.61. The fourth-order valence-electron chi connectivity index (χ4n) is 1.35. The van der Waals surface area contributed by atoms with Gasteiger partial charge in [-0.15, -0.1) is 0 Å². The molecule has 0 aromatic rings. The summed E-state index contributed by atoms with van der Waals surface area (Å²) in [6.45, 7) is 6.84. The van der Waals surface area contributed by atoms with E-state index in [1.54, 1.807) is 0 Å². The van der Waals surface area contributed by atoms with Crippen LogP contribution in [0.25, 0.3) is 0 Å². The second-order valence-corrected chi connectivity index (χ2v) is 3.56. The summed E-state index contributed by atoms with van der Waals surface area (Å²) >= 11 is 0. The van der Waals surface area contributed by atoms with Crippen LogP contribution in [-0.4, -0.2) is 0 Å². The third-order valence-electron chi connectivity index (χ3n) is 2.67. The zero-order chi connectivity index (χ0) is 8.27. The number of hydrogen-bond donors (Lipinski definition) is 0. The standard InChI is InChI=1S/C11H18/c1-4-11-7-5-9(2)10(3)6-8-11/h5,7-10H,4,6H2,1-3H3. The van der Waals surface area contributed by atoms with Gasteiger partial charge < -0.3 is 0 Å². The van der Waals surface area contributed by atoms with Crippen molar-refractivity contribution in [3.05, 3.63) is 23.8 Å². The largest absolute Gasteiger partial charge is 0.0812 e. The van der Waals surface area contributed by atoms with Crippen molar-refractivity contribution in [2.45, 2.75) is 33.6 Å². The second-order valence-electron chi connectivity index (χ2n) is 3.56. The lowest BCUT2D eigenvalue weighted by atomic mass is 9.94. The predicted molar refractivity (Wildman–Crippen MR) is 50.5 cm³/mol. The maximum atomic E-state index is 2.38. The molecule has 1 aliphatic rings. The van der Waals surface area contributed by atoms with Gasteiger partial charge in [0.1, 0.15) is 0 Å². The van der Waals surface area contributed by atoms with Gasteiger partial charge in [0, 0.05) is 0 Å². The Kier molecular flexibility index (Phi) is 2.92. The molecular weight excluding hydrogens is 132 g/mol. The molecule has 0 N–H and O–H groups in total. The molecule has 0 fully saturated rings. The minimum absolute atomic E-state index is 0.746. The summed E-state index contributed by atoms with van der Waals surface area (Å²) in [6.07, 6.45) is 9.43. The minimum Gasteiger partial charge on any atom is -0.0812 e. The van der Waals surface area contributed by atoms with Crippen LogP contribution in [0.5, 0.6) is 0 Å². The monoisotopic (exact) mass is 150 g/mol. The molecule has 0 aromatic heterocycles. The molecule has 1 aliphatic carbocycles. The van der Waals surface area contributed by atoms with Crippen LogP contribution < -0.4 is 0 Å². The van der Waals surface area contributed by atoms with Gasteiger partial charge in [-0.1, -0.05) is 44.6 Å². The quantitative estimate of drug-likeness (QED) is 0.536. The Labute approximate surface area is 70.0 Å². The summed E-state index contributed by atoms with van der Waals surface area (Å²) in [5, 5.41) is 0. The number of rotatable bonds is 1. The highest BCUT2D eigenvalue weighted by atomic mass is 14.1. The molecule has 0 nitrogen and oxygen atoms in total. The molecule has 0 heteroatoms. The molecule has 11 heavy (non-hydrogen) atoms. The maximum absolute atomic E-state index is 2.38. The molecule has 62 valence electrons. The third kappa shape index (κ3) is 2.21. The van der Waals surface area contributed by atoms with E-state index in [0.29, 0.717) is 0 Å². The smallest absolute Gasteiger partial charge is 0.0230 e. The average molecular weight is 150 g/mol. The molecule has 0 amide bonds. The first kappa shape index (κ1) is 8.58. The molecular formula is C11H18. The highest BCUT2D eigenvalue weighted by Gasteiger charge is 2.10. The van der Waals surface area contributed by atoms with E-state index in [9.17, 15) is 0 Å². The van der Waals surface area contributed by atoms with Crippen LogP contribution in [0.1, 0.15) is 33.6 Å². The fraction of sp³-hybridized carbons (Fsp3) is 0.636. The molecule has 0 radical (unpaired) electrons. The second kappa shape index (κ2) is 3.75. The zero-order valence-electron chi connectivity index (χ0n) is 7.80. The third-order valence-corrected chi connectivity index (χ3v) is 2.67. The summed E-state index contributed by atoms with van der Waals surface area (Å²) in [6, 6.07) is 0. The van der Waals surface area contributed by atoms with E-state index in [1.807, 2.05) is 0 Å². The molecule has 0 aliphatic heterocycles. The highest BCUT2D eigenvalue weighted by molar-refractivity contribution is 5.21. The molecule has 0 heterocycles. The Morgan fingerprint density at radius 3 is 2.82 bits per heavy atom. The average Bonchev–Trinajstić information content (AvgIpc) is 2.16. The molecule has 0 spiro atoms. The minimum atomic E-state index is 0.746. The van der Waals surface area contributed by atoms with Crippen molar-refractivity contribution in [2.75, 3.05) is 0 Å². The molecule has 2 unspecified atom stereocenters. The zero-order valence-corrected chi connectivity index (χ0v) is 7.80. The molecule has 1 rings (SSSR count). The Morgan fingerprint density at radius 1 is 1.45 bits per heavy atom. The Hall–Kier alpha value is -0.520. The Morgan fingerprint density at radius 2 is 2.18 bits per heavy atom. The van der Waals surface area contributed by atoms with E-state index in [0.717, 1.165) is 11.8 Å². The first-order valence-corrected chi connectivity index (χ1v) is 4.61. The fourth-order valence-corrected chi connectivity index (χ4v) is 1.35. The van der Waals surface area contributed by atoms with E-state index < -0.39 is 0 Å². The lowest BCUT2D eigenvalue weighted by molar-refractivity contribution is 0.468. The summed E-state index contributed by atoms with van der Waals surface area (Å²) in [5.41, 5.74) is 1.50. The number of allylic oxidation sites excluding steroid dienone is 4. The van der Waals surface area contributed by atoms with Gasteiger partial charge in [-0.05, 0) is 24.7 Å². The molecule has 0 saturated heterocycles. The van der Waals surface area contributed by atoms with Crippen molar-refractivity contribution >= 4 is 0 Å². The van der Waals surface area contributed by atoms with Crippen LogP contribution in [-0.2, 0) is 0 Å². The van der Waals surface area contributed by atoms with E-state index in [-0.39, 0.29) is 0 Å². The SMILES string of the molecule is CCC1=CCC(C)C(C)C=C1. The van der Waals surface area contributed by atoms with Gasteiger partial charge in [0.25, 0.3) is 0 Å². The van der Waals surface area contributed by atoms with E-state index >= 15 is 0 Å². The van der Waals surface area contributed by atoms with Crippen LogP contribution in [0.3, 0.4) is 0 Å². The molecule has 0 saturated carbocycles. The molecule has 0 aromatic carbocycles. The Balaban J connectivity index is 2.67. The van der Waals surface area contributed by atoms with Gasteiger partial charge in [0.15, 0.2) is 0 Å².